The summed E-state index contributed by atoms with van der Waals surface area (Å²) in [4.78, 5) is 36.0. The third kappa shape index (κ3) is 6.51. The summed E-state index contributed by atoms with van der Waals surface area (Å²) in [5.74, 6) is -0.824. The van der Waals surface area contributed by atoms with Crippen LogP contribution in [-0.4, -0.2) is 54.3 Å². The monoisotopic (exact) mass is 470 g/mol. The maximum atomic E-state index is 12.6. The van der Waals surface area contributed by atoms with Gasteiger partial charge in [0.15, 0.2) is 0 Å². The predicted molar refractivity (Wildman–Crippen MR) is 129 cm³/mol. The van der Waals surface area contributed by atoms with Crippen LogP contribution in [0.2, 0.25) is 0 Å². The number of aliphatic carboxylic acids is 1. The van der Waals surface area contributed by atoms with Crippen LogP contribution in [0.15, 0.2) is 48.5 Å². The normalized spacial score (nSPS) is 14.0. The van der Waals surface area contributed by atoms with E-state index in [1.807, 2.05) is 42.7 Å². The van der Waals surface area contributed by atoms with Crippen molar-refractivity contribution >= 4 is 29.7 Å². The SMILES string of the molecule is CSCC[C@H](NC(=O)OCC1c2ccccc2-c2ccccc21)C(=O)NCC(C)CC(=O)O. The lowest BCUT2D eigenvalue weighted by atomic mass is 9.98. The van der Waals surface area contributed by atoms with Gasteiger partial charge < -0.3 is 20.5 Å². The largest absolute Gasteiger partial charge is 0.481 e. The molecule has 0 radical (unpaired) electrons. The number of carboxylic acid groups (broad SMARTS) is 1. The van der Waals surface area contributed by atoms with E-state index in [0.29, 0.717) is 12.2 Å². The fourth-order valence-electron chi connectivity index (χ4n) is 4.06. The van der Waals surface area contributed by atoms with Crippen molar-refractivity contribution in [3.05, 3.63) is 59.7 Å². The van der Waals surface area contributed by atoms with Gasteiger partial charge in [-0.2, -0.15) is 11.8 Å². The van der Waals surface area contributed by atoms with Crippen molar-refractivity contribution in [1.82, 2.24) is 10.6 Å². The van der Waals surface area contributed by atoms with Gasteiger partial charge in [0.2, 0.25) is 5.91 Å². The van der Waals surface area contributed by atoms with Gasteiger partial charge in [-0.3, -0.25) is 9.59 Å². The van der Waals surface area contributed by atoms with Crippen molar-refractivity contribution in [2.45, 2.75) is 31.7 Å². The van der Waals surface area contributed by atoms with E-state index >= 15 is 0 Å². The van der Waals surface area contributed by atoms with E-state index in [0.717, 1.165) is 22.3 Å². The van der Waals surface area contributed by atoms with Crippen LogP contribution in [0.4, 0.5) is 4.79 Å². The van der Waals surface area contributed by atoms with E-state index in [-0.39, 0.29) is 37.3 Å². The van der Waals surface area contributed by atoms with Gasteiger partial charge in [0.1, 0.15) is 12.6 Å². The van der Waals surface area contributed by atoms with Crippen molar-refractivity contribution < 1.29 is 24.2 Å². The maximum absolute atomic E-state index is 12.6. The number of amides is 2. The van der Waals surface area contributed by atoms with Crippen LogP contribution in [0, 0.1) is 5.92 Å². The van der Waals surface area contributed by atoms with E-state index in [4.69, 9.17) is 9.84 Å². The molecule has 2 aromatic carbocycles. The number of carbonyl (C=O) groups excluding carboxylic acids is 2. The highest BCUT2D eigenvalue weighted by molar-refractivity contribution is 7.98. The van der Waals surface area contributed by atoms with Crippen molar-refractivity contribution in [3.63, 3.8) is 0 Å². The molecule has 0 heterocycles. The van der Waals surface area contributed by atoms with Gasteiger partial charge in [-0.25, -0.2) is 4.79 Å². The fraction of sp³-hybridized carbons (Fsp3) is 0.400. The molecule has 7 nitrogen and oxygen atoms in total. The number of benzene rings is 2. The molecule has 2 atom stereocenters. The van der Waals surface area contributed by atoms with Crippen LogP contribution in [0.1, 0.15) is 36.8 Å². The number of nitrogens with one attached hydrogen (secondary N) is 2. The van der Waals surface area contributed by atoms with Crippen LogP contribution in [0.25, 0.3) is 11.1 Å². The molecule has 176 valence electrons. The first-order valence-corrected chi connectivity index (χ1v) is 12.4. The lowest BCUT2D eigenvalue weighted by molar-refractivity contribution is -0.138. The Labute approximate surface area is 198 Å². The molecule has 0 bridgehead atoms. The Balaban J connectivity index is 1.59. The Kier molecular flexibility index (Phi) is 8.77. The Hall–Kier alpha value is -3.00. The van der Waals surface area contributed by atoms with Crippen LogP contribution in [0.3, 0.4) is 0 Å². The highest BCUT2D eigenvalue weighted by Gasteiger charge is 2.29. The van der Waals surface area contributed by atoms with Gasteiger partial charge in [0, 0.05) is 18.9 Å². The first-order chi connectivity index (χ1) is 15.9. The minimum atomic E-state index is -0.910. The Bertz CT molecular complexity index is 951. The second-order valence-electron chi connectivity index (χ2n) is 8.25. The second-order valence-corrected chi connectivity index (χ2v) is 9.24. The van der Waals surface area contributed by atoms with Crippen LogP contribution in [0.5, 0.6) is 0 Å². The van der Waals surface area contributed by atoms with Crippen molar-refractivity contribution in [3.8, 4) is 11.1 Å². The minimum absolute atomic E-state index is 0.0322. The molecular weight excluding hydrogens is 440 g/mol. The molecule has 0 aromatic heterocycles. The van der Waals surface area contributed by atoms with Crippen molar-refractivity contribution in [2.75, 3.05) is 25.2 Å². The summed E-state index contributed by atoms with van der Waals surface area (Å²) in [5, 5.41) is 14.3. The molecule has 0 fully saturated rings. The van der Waals surface area contributed by atoms with Crippen molar-refractivity contribution in [2.24, 2.45) is 5.92 Å². The van der Waals surface area contributed by atoms with Gasteiger partial charge in [-0.05, 0) is 46.6 Å². The number of fused-ring (bicyclic) bond motifs is 3. The minimum Gasteiger partial charge on any atom is -0.481 e. The first kappa shape index (κ1) is 24.6. The average Bonchev–Trinajstić information content (AvgIpc) is 3.12. The topological polar surface area (TPSA) is 105 Å². The Morgan fingerprint density at radius 1 is 1.06 bits per heavy atom. The standard InChI is InChI=1S/C25H30N2O5S/c1-16(13-23(28)29)14-26-24(30)22(11-12-33-2)27-25(31)32-15-21-19-9-5-3-7-17(19)18-8-4-6-10-20(18)21/h3-10,16,21-22H,11-15H2,1-2H3,(H,26,30)(H,27,31)(H,28,29)/t16?,22-/m0/s1. The van der Waals surface area contributed by atoms with Crippen molar-refractivity contribution in [1.29, 1.82) is 0 Å². The van der Waals surface area contributed by atoms with Gasteiger partial charge in [-0.1, -0.05) is 55.5 Å². The van der Waals surface area contributed by atoms with Gasteiger partial charge in [0.05, 0.1) is 0 Å². The molecule has 1 aliphatic rings. The van der Waals surface area contributed by atoms with E-state index in [2.05, 4.69) is 22.8 Å². The molecule has 2 aromatic rings. The Morgan fingerprint density at radius 2 is 1.67 bits per heavy atom. The number of carbonyl (C=O) groups is 3. The highest BCUT2D eigenvalue weighted by Crippen LogP contribution is 2.44. The third-order valence-electron chi connectivity index (χ3n) is 5.71. The summed E-state index contributed by atoms with van der Waals surface area (Å²) in [5.41, 5.74) is 4.54. The lowest BCUT2D eigenvalue weighted by Crippen LogP contribution is -2.48. The third-order valence-corrected chi connectivity index (χ3v) is 6.35. The number of alkyl carbamates (subject to hydrolysis) is 1. The predicted octanol–water partition coefficient (Wildman–Crippen LogP) is 3.87. The van der Waals surface area contributed by atoms with Crippen LogP contribution < -0.4 is 10.6 Å². The molecule has 8 heteroatoms. The molecule has 33 heavy (non-hydrogen) atoms. The number of rotatable bonds is 11. The zero-order chi connectivity index (χ0) is 23.8. The zero-order valence-electron chi connectivity index (χ0n) is 18.9. The highest BCUT2D eigenvalue weighted by atomic mass is 32.2. The summed E-state index contributed by atoms with van der Waals surface area (Å²) in [6, 6.07) is 15.4. The quantitative estimate of drug-likeness (QED) is 0.460. The molecule has 0 aliphatic heterocycles. The number of ether oxygens (including phenoxy) is 1. The summed E-state index contributed by atoms with van der Waals surface area (Å²) in [7, 11) is 0. The van der Waals surface area contributed by atoms with Crippen LogP contribution in [-0.2, 0) is 14.3 Å². The lowest BCUT2D eigenvalue weighted by Gasteiger charge is -2.20. The summed E-state index contributed by atoms with van der Waals surface area (Å²) < 4.78 is 5.56. The second kappa shape index (κ2) is 11.7. The van der Waals surface area contributed by atoms with E-state index in [9.17, 15) is 14.4 Å². The van der Waals surface area contributed by atoms with E-state index in [1.165, 1.54) is 0 Å². The van der Waals surface area contributed by atoms with Gasteiger partial charge in [0.25, 0.3) is 0 Å². The number of thioether (sulfide) groups is 1. The summed E-state index contributed by atoms with van der Waals surface area (Å²) >= 11 is 1.58. The average molecular weight is 471 g/mol. The molecular formula is C25H30N2O5S. The Morgan fingerprint density at radius 3 is 2.24 bits per heavy atom. The van der Waals surface area contributed by atoms with E-state index in [1.54, 1.807) is 18.7 Å². The molecule has 0 spiro atoms. The maximum Gasteiger partial charge on any atom is 0.407 e. The summed E-state index contributed by atoms with van der Waals surface area (Å²) in [6.45, 7) is 2.16. The van der Waals surface area contributed by atoms with Gasteiger partial charge >= 0.3 is 12.1 Å². The molecule has 0 saturated heterocycles. The smallest absolute Gasteiger partial charge is 0.407 e. The first-order valence-electron chi connectivity index (χ1n) is 11.0. The number of hydrogen-bond donors (Lipinski definition) is 3. The molecule has 3 rings (SSSR count). The molecule has 1 aliphatic carbocycles. The number of carboxylic acids is 1. The number of hydrogen-bond acceptors (Lipinski definition) is 5. The van der Waals surface area contributed by atoms with Gasteiger partial charge in [-0.15, -0.1) is 0 Å². The molecule has 1 unspecified atom stereocenters. The zero-order valence-corrected chi connectivity index (χ0v) is 19.7. The molecule has 2 amide bonds. The molecule has 3 N–H and O–H groups in total. The molecule has 0 saturated carbocycles. The summed E-state index contributed by atoms with van der Waals surface area (Å²) in [6.07, 6.45) is 1.70. The van der Waals surface area contributed by atoms with Crippen LogP contribution >= 0.6 is 11.8 Å². The van der Waals surface area contributed by atoms with E-state index < -0.39 is 18.1 Å². The fourth-order valence-corrected chi connectivity index (χ4v) is 4.53.